The largest absolute Gasteiger partial charge is 0.469 e. The van der Waals surface area contributed by atoms with E-state index in [-0.39, 0.29) is 24.2 Å². The van der Waals surface area contributed by atoms with E-state index in [4.69, 9.17) is 0 Å². The zero-order chi connectivity index (χ0) is 11.2. The van der Waals surface area contributed by atoms with Crippen molar-refractivity contribution < 1.29 is 17.9 Å². The van der Waals surface area contributed by atoms with E-state index in [1.165, 1.54) is 13.4 Å². The van der Waals surface area contributed by atoms with E-state index in [0.29, 0.717) is 6.54 Å². The highest BCUT2D eigenvalue weighted by Crippen LogP contribution is 1.91. The van der Waals surface area contributed by atoms with Crippen LogP contribution < -0.4 is 5.32 Å². The van der Waals surface area contributed by atoms with Crippen LogP contribution in [0.4, 0.5) is 0 Å². The average Bonchev–Trinajstić information content (AvgIpc) is 2.00. The Morgan fingerprint density at radius 1 is 1.50 bits per heavy atom. The van der Waals surface area contributed by atoms with Crippen LogP contribution in [0.3, 0.4) is 0 Å². The molecule has 1 atom stereocenters. The van der Waals surface area contributed by atoms with E-state index in [1.807, 2.05) is 0 Å². The number of rotatable bonds is 6. The second-order valence-corrected chi connectivity index (χ2v) is 5.46. The summed E-state index contributed by atoms with van der Waals surface area (Å²) in [5, 5.41) is 2.92. The molecule has 0 aromatic rings. The first kappa shape index (κ1) is 13.4. The number of hydrogen-bond donors (Lipinski definition) is 1. The lowest BCUT2D eigenvalue weighted by Gasteiger charge is -2.11. The molecule has 0 aromatic carbocycles. The predicted octanol–water partition coefficient (Wildman–Crippen LogP) is -0.428. The normalized spacial score (nSPS) is 13.6. The minimum atomic E-state index is -2.96. The summed E-state index contributed by atoms with van der Waals surface area (Å²) in [4.78, 5) is 10.7. The molecule has 5 nitrogen and oxygen atoms in total. The van der Waals surface area contributed by atoms with Gasteiger partial charge in [-0.15, -0.1) is 0 Å². The van der Waals surface area contributed by atoms with Gasteiger partial charge in [0, 0.05) is 18.8 Å². The third-order valence-electron chi connectivity index (χ3n) is 1.60. The van der Waals surface area contributed by atoms with Crippen LogP contribution in [0.2, 0.25) is 0 Å². The minimum Gasteiger partial charge on any atom is -0.469 e. The first-order chi connectivity index (χ1) is 6.35. The Bertz CT molecular complexity index is 273. The van der Waals surface area contributed by atoms with Gasteiger partial charge in [0.1, 0.15) is 9.84 Å². The van der Waals surface area contributed by atoms with Gasteiger partial charge in [-0.25, -0.2) is 8.42 Å². The Hall–Kier alpha value is -0.620. The Labute approximate surface area is 84.7 Å². The van der Waals surface area contributed by atoms with Crippen molar-refractivity contribution in [3.8, 4) is 0 Å². The third kappa shape index (κ3) is 8.00. The van der Waals surface area contributed by atoms with Crippen molar-refractivity contribution >= 4 is 15.8 Å². The van der Waals surface area contributed by atoms with Gasteiger partial charge in [-0.2, -0.15) is 0 Å². The Morgan fingerprint density at radius 3 is 2.50 bits per heavy atom. The molecule has 0 rings (SSSR count). The number of carbonyl (C=O) groups is 1. The quantitative estimate of drug-likeness (QED) is 0.619. The minimum absolute atomic E-state index is 0.0776. The molecule has 1 unspecified atom stereocenters. The van der Waals surface area contributed by atoms with Crippen molar-refractivity contribution in [1.82, 2.24) is 5.32 Å². The average molecular weight is 223 g/mol. The maximum absolute atomic E-state index is 10.9. The number of nitrogens with one attached hydrogen (secondary N) is 1. The molecule has 84 valence electrons. The molecule has 0 aliphatic rings. The third-order valence-corrected chi connectivity index (χ3v) is 2.71. The van der Waals surface area contributed by atoms with Gasteiger partial charge in [-0.05, 0) is 6.92 Å². The summed E-state index contributed by atoms with van der Waals surface area (Å²) in [5.41, 5.74) is 0. The molecule has 0 aromatic heterocycles. The van der Waals surface area contributed by atoms with Gasteiger partial charge in [0.05, 0.1) is 19.3 Å². The Kier molecular flexibility index (Phi) is 5.71. The summed E-state index contributed by atoms with van der Waals surface area (Å²) >= 11 is 0. The summed E-state index contributed by atoms with van der Waals surface area (Å²) < 4.78 is 26.2. The molecule has 0 amide bonds. The van der Waals surface area contributed by atoms with Gasteiger partial charge in [-0.3, -0.25) is 4.79 Å². The van der Waals surface area contributed by atoms with Crippen molar-refractivity contribution in [1.29, 1.82) is 0 Å². The Morgan fingerprint density at radius 2 is 2.07 bits per heavy atom. The first-order valence-electron chi connectivity index (χ1n) is 4.33. The van der Waals surface area contributed by atoms with Gasteiger partial charge in [0.15, 0.2) is 0 Å². The number of hydrogen-bond acceptors (Lipinski definition) is 5. The van der Waals surface area contributed by atoms with E-state index < -0.39 is 9.84 Å². The van der Waals surface area contributed by atoms with Crippen molar-refractivity contribution in [3.05, 3.63) is 0 Å². The molecule has 0 bridgehead atoms. The molecule has 0 saturated heterocycles. The van der Waals surface area contributed by atoms with E-state index in [9.17, 15) is 13.2 Å². The van der Waals surface area contributed by atoms with Crippen LogP contribution >= 0.6 is 0 Å². The number of ether oxygens (including phenoxy) is 1. The summed E-state index contributed by atoms with van der Waals surface area (Å²) in [6, 6.07) is -0.144. The molecule has 0 spiro atoms. The van der Waals surface area contributed by atoms with Crippen LogP contribution in [0.1, 0.15) is 13.3 Å². The van der Waals surface area contributed by atoms with Crippen molar-refractivity contribution in [2.45, 2.75) is 19.4 Å². The van der Waals surface area contributed by atoms with Gasteiger partial charge in [0.2, 0.25) is 0 Å². The van der Waals surface area contributed by atoms with E-state index in [0.717, 1.165) is 0 Å². The standard InChI is InChI=1S/C8H17NO4S/c1-7(6-14(3,11)12)9-5-4-8(10)13-2/h7,9H,4-6H2,1-3H3. The lowest BCUT2D eigenvalue weighted by Crippen LogP contribution is -2.34. The van der Waals surface area contributed by atoms with Crippen LogP contribution in [0.25, 0.3) is 0 Å². The molecular formula is C8H17NO4S. The molecule has 0 heterocycles. The first-order valence-corrected chi connectivity index (χ1v) is 6.39. The highest BCUT2D eigenvalue weighted by atomic mass is 32.2. The van der Waals surface area contributed by atoms with E-state index in [2.05, 4.69) is 10.1 Å². The zero-order valence-corrected chi connectivity index (χ0v) is 9.56. The fourth-order valence-corrected chi connectivity index (χ4v) is 2.06. The molecular weight excluding hydrogens is 206 g/mol. The summed E-state index contributed by atoms with van der Waals surface area (Å²) in [5.74, 6) is -0.224. The Balaban J connectivity index is 3.65. The van der Waals surface area contributed by atoms with Crippen molar-refractivity contribution in [2.24, 2.45) is 0 Å². The van der Waals surface area contributed by atoms with Crippen LogP contribution in [-0.2, 0) is 19.4 Å². The number of sulfone groups is 1. The topological polar surface area (TPSA) is 72.5 Å². The molecule has 6 heteroatoms. The van der Waals surface area contributed by atoms with Gasteiger partial charge in [-0.1, -0.05) is 0 Å². The summed E-state index contributed by atoms with van der Waals surface area (Å²) in [7, 11) is -1.64. The molecule has 14 heavy (non-hydrogen) atoms. The monoisotopic (exact) mass is 223 g/mol. The zero-order valence-electron chi connectivity index (χ0n) is 8.74. The van der Waals surface area contributed by atoms with Gasteiger partial charge < -0.3 is 10.1 Å². The molecule has 0 aliphatic carbocycles. The maximum Gasteiger partial charge on any atom is 0.306 e. The van der Waals surface area contributed by atoms with Crippen LogP contribution in [0.5, 0.6) is 0 Å². The predicted molar refractivity (Wildman–Crippen MR) is 53.8 cm³/mol. The van der Waals surface area contributed by atoms with E-state index in [1.54, 1.807) is 6.92 Å². The van der Waals surface area contributed by atoms with E-state index >= 15 is 0 Å². The van der Waals surface area contributed by atoms with Crippen molar-refractivity contribution in [3.63, 3.8) is 0 Å². The highest BCUT2D eigenvalue weighted by molar-refractivity contribution is 7.90. The van der Waals surface area contributed by atoms with Gasteiger partial charge in [0.25, 0.3) is 0 Å². The number of methoxy groups -OCH3 is 1. The number of esters is 1. The lowest BCUT2D eigenvalue weighted by molar-refractivity contribution is -0.140. The lowest BCUT2D eigenvalue weighted by atomic mass is 10.3. The second-order valence-electron chi connectivity index (χ2n) is 3.27. The highest BCUT2D eigenvalue weighted by Gasteiger charge is 2.10. The fourth-order valence-electron chi connectivity index (χ4n) is 1.04. The molecule has 0 radical (unpaired) electrons. The number of carbonyl (C=O) groups excluding carboxylic acids is 1. The maximum atomic E-state index is 10.9. The molecule has 1 N–H and O–H groups in total. The van der Waals surface area contributed by atoms with Crippen LogP contribution in [0.15, 0.2) is 0 Å². The van der Waals surface area contributed by atoms with Crippen molar-refractivity contribution in [2.75, 3.05) is 25.7 Å². The molecule has 0 aliphatic heterocycles. The molecule has 0 fully saturated rings. The second kappa shape index (κ2) is 5.98. The van der Waals surface area contributed by atoms with Gasteiger partial charge >= 0.3 is 5.97 Å². The van der Waals surface area contributed by atoms with Crippen LogP contribution in [0, 0.1) is 0 Å². The fraction of sp³-hybridized carbons (Fsp3) is 0.875. The smallest absolute Gasteiger partial charge is 0.306 e. The van der Waals surface area contributed by atoms with Crippen LogP contribution in [-0.4, -0.2) is 46.1 Å². The SMILES string of the molecule is COC(=O)CCNC(C)CS(C)(=O)=O. The molecule has 0 saturated carbocycles. The summed E-state index contributed by atoms with van der Waals surface area (Å²) in [6.45, 7) is 2.20. The summed E-state index contributed by atoms with van der Waals surface area (Å²) in [6.07, 6.45) is 1.44.